The molecule has 0 fully saturated rings. The van der Waals surface area contributed by atoms with Crippen molar-refractivity contribution < 1.29 is 8.42 Å². The fourth-order valence-electron chi connectivity index (χ4n) is 0.745. The van der Waals surface area contributed by atoms with Crippen molar-refractivity contribution in [3.8, 4) is 0 Å². The normalized spacial score (nSPS) is 25.1. The minimum Gasteiger partial charge on any atom is -0.301 e. The molecule has 6 heteroatoms. The van der Waals surface area contributed by atoms with Crippen LogP contribution in [0.15, 0.2) is 27.6 Å². The molecule has 0 aromatic rings. The first-order chi connectivity index (χ1) is 5.17. The molecule has 0 spiro atoms. The maximum absolute atomic E-state index is 10.9. The van der Waals surface area contributed by atoms with Gasteiger partial charge in [-0.3, -0.25) is 0 Å². The van der Waals surface area contributed by atoms with Crippen LogP contribution in [0.1, 0.15) is 0 Å². The average Bonchev–Trinajstić information content (AvgIpc) is 2.31. The standard InChI is InChI=1S/C5H4N2O2S2/c8-11(9)4-2-7-1-3-10-5(7)6-11/h1-4H. The first-order valence-electron chi connectivity index (χ1n) is 2.82. The molecule has 0 aromatic heterocycles. The Bertz CT molecular complexity index is 366. The van der Waals surface area contributed by atoms with E-state index in [1.165, 1.54) is 18.0 Å². The van der Waals surface area contributed by atoms with E-state index in [-0.39, 0.29) is 0 Å². The van der Waals surface area contributed by atoms with Crippen LogP contribution in [0.2, 0.25) is 0 Å². The highest BCUT2D eigenvalue weighted by Gasteiger charge is 2.19. The number of rotatable bonds is 0. The minimum atomic E-state index is -3.33. The highest BCUT2D eigenvalue weighted by molar-refractivity contribution is 8.17. The van der Waals surface area contributed by atoms with E-state index in [1.54, 1.807) is 16.5 Å². The third-order valence-electron chi connectivity index (χ3n) is 1.21. The van der Waals surface area contributed by atoms with E-state index in [9.17, 15) is 8.42 Å². The van der Waals surface area contributed by atoms with Gasteiger partial charge in [-0.05, 0) is 5.41 Å². The van der Waals surface area contributed by atoms with E-state index in [0.717, 1.165) is 5.41 Å². The Morgan fingerprint density at radius 1 is 1.45 bits per heavy atom. The second-order valence-corrected chi connectivity index (χ2v) is 4.34. The molecular formula is C5H4N2O2S2. The smallest absolute Gasteiger partial charge is 0.279 e. The third kappa shape index (κ3) is 1.19. The van der Waals surface area contributed by atoms with Gasteiger partial charge in [0.15, 0.2) is 5.17 Å². The zero-order chi connectivity index (χ0) is 7.90. The number of thioether (sulfide) groups is 1. The lowest BCUT2D eigenvalue weighted by molar-refractivity contribution is 0.603. The fraction of sp³-hybridized carbons (Fsp3) is 0. The van der Waals surface area contributed by atoms with Gasteiger partial charge in [-0.1, -0.05) is 11.8 Å². The van der Waals surface area contributed by atoms with Gasteiger partial charge in [0.25, 0.3) is 10.0 Å². The van der Waals surface area contributed by atoms with Crippen molar-refractivity contribution in [2.24, 2.45) is 4.40 Å². The van der Waals surface area contributed by atoms with E-state index in [4.69, 9.17) is 0 Å². The molecule has 0 N–H and O–H groups in total. The molecule has 2 heterocycles. The van der Waals surface area contributed by atoms with Gasteiger partial charge in [0.2, 0.25) is 0 Å². The van der Waals surface area contributed by atoms with Gasteiger partial charge in [0.1, 0.15) is 0 Å². The SMILES string of the molecule is O=S1(=O)C=CN2C=CSC2=N1. The Kier molecular flexibility index (Phi) is 1.33. The maximum atomic E-state index is 10.9. The quantitative estimate of drug-likeness (QED) is 0.561. The molecule has 0 aliphatic carbocycles. The second kappa shape index (κ2) is 2.12. The fourth-order valence-corrected chi connectivity index (χ4v) is 2.44. The van der Waals surface area contributed by atoms with Gasteiger partial charge in [-0.25, -0.2) is 0 Å². The van der Waals surface area contributed by atoms with Gasteiger partial charge >= 0.3 is 0 Å². The Hall–Kier alpha value is -0.750. The number of fused-ring (bicyclic) bond motifs is 1. The summed E-state index contributed by atoms with van der Waals surface area (Å²) in [6, 6.07) is 0. The van der Waals surface area contributed by atoms with Gasteiger partial charge in [0, 0.05) is 12.4 Å². The van der Waals surface area contributed by atoms with Gasteiger partial charge < -0.3 is 4.90 Å². The molecule has 2 aliphatic heterocycles. The molecule has 0 aromatic carbocycles. The Morgan fingerprint density at radius 2 is 2.27 bits per heavy atom. The number of nitrogens with zero attached hydrogens (tertiary/aromatic N) is 2. The first kappa shape index (κ1) is 6.93. The Morgan fingerprint density at radius 3 is 3.09 bits per heavy atom. The summed E-state index contributed by atoms with van der Waals surface area (Å²) in [6.07, 6.45) is 3.24. The summed E-state index contributed by atoms with van der Waals surface area (Å²) in [4.78, 5) is 1.66. The van der Waals surface area contributed by atoms with Crippen molar-refractivity contribution in [2.45, 2.75) is 0 Å². The Balaban J connectivity index is 2.48. The van der Waals surface area contributed by atoms with Crippen LogP contribution >= 0.6 is 11.8 Å². The van der Waals surface area contributed by atoms with Crippen molar-refractivity contribution in [3.63, 3.8) is 0 Å². The van der Waals surface area contributed by atoms with Crippen LogP contribution in [0.25, 0.3) is 0 Å². The predicted molar refractivity (Wildman–Crippen MR) is 44.1 cm³/mol. The summed E-state index contributed by atoms with van der Waals surface area (Å²) in [7, 11) is -3.33. The van der Waals surface area contributed by atoms with Gasteiger partial charge in [-0.2, -0.15) is 8.42 Å². The van der Waals surface area contributed by atoms with E-state index in [2.05, 4.69) is 4.40 Å². The highest BCUT2D eigenvalue weighted by atomic mass is 32.2. The zero-order valence-electron chi connectivity index (χ0n) is 5.34. The molecule has 11 heavy (non-hydrogen) atoms. The Labute approximate surface area is 68.3 Å². The first-order valence-corrected chi connectivity index (χ1v) is 5.20. The summed E-state index contributed by atoms with van der Waals surface area (Å²) in [5, 5.41) is 3.35. The van der Waals surface area contributed by atoms with Crippen molar-refractivity contribution in [1.82, 2.24) is 4.90 Å². The van der Waals surface area contributed by atoms with E-state index >= 15 is 0 Å². The monoisotopic (exact) mass is 188 g/mol. The molecule has 0 saturated carbocycles. The summed E-state index contributed by atoms with van der Waals surface area (Å²) < 4.78 is 25.2. The second-order valence-electron chi connectivity index (χ2n) is 1.98. The average molecular weight is 188 g/mol. The summed E-state index contributed by atoms with van der Waals surface area (Å²) in [6.45, 7) is 0. The van der Waals surface area contributed by atoms with Crippen molar-refractivity contribution in [3.05, 3.63) is 23.2 Å². The molecule has 0 atom stereocenters. The molecule has 2 rings (SSSR count). The molecule has 58 valence electrons. The molecular weight excluding hydrogens is 184 g/mol. The van der Waals surface area contributed by atoms with Gasteiger partial charge in [-0.15, -0.1) is 4.40 Å². The lowest BCUT2D eigenvalue weighted by Crippen LogP contribution is -2.17. The molecule has 0 saturated heterocycles. The summed E-state index contributed by atoms with van der Waals surface area (Å²) >= 11 is 1.29. The van der Waals surface area contributed by atoms with Gasteiger partial charge in [0.05, 0.1) is 5.41 Å². The molecule has 0 amide bonds. The number of amidine groups is 1. The third-order valence-corrected chi connectivity index (χ3v) is 2.99. The van der Waals surface area contributed by atoms with Crippen LogP contribution in [0.4, 0.5) is 0 Å². The van der Waals surface area contributed by atoms with E-state index in [1.807, 2.05) is 0 Å². The molecule has 0 unspecified atom stereocenters. The van der Waals surface area contributed by atoms with Crippen molar-refractivity contribution in [2.75, 3.05) is 0 Å². The van der Waals surface area contributed by atoms with Crippen LogP contribution in [0, 0.1) is 0 Å². The molecule has 2 aliphatic rings. The lowest BCUT2D eigenvalue weighted by Gasteiger charge is -2.12. The predicted octanol–water partition coefficient (Wildman–Crippen LogP) is 0.677. The topological polar surface area (TPSA) is 49.7 Å². The van der Waals surface area contributed by atoms with Crippen molar-refractivity contribution in [1.29, 1.82) is 0 Å². The van der Waals surface area contributed by atoms with Crippen LogP contribution in [-0.2, 0) is 10.0 Å². The van der Waals surface area contributed by atoms with Crippen LogP contribution in [-0.4, -0.2) is 18.5 Å². The lowest BCUT2D eigenvalue weighted by atomic mass is 10.8. The van der Waals surface area contributed by atoms with Crippen LogP contribution < -0.4 is 0 Å². The minimum absolute atomic E-state index is 0.493. The highest BCUT2D eigenvalue weighted by Crippen LogP contribution is 2.24. The molecule has 0 radical (unpaired) electrons. The van der Waals surface area contributed by atoms with E-state index < -0.39 is 10.0 Å². The summed E-state index contributed by atoms with van der Waals surface area (Å²) in [5.74, 6) is 0. The van der Waals surface area contributed by atoms with Crippen LogP contribution in [0.3, 0.4) is 0 Å². The van der Waals surface area contributed by atoms with E-state index in [0.29, 0.717) is 5.17 Å². The van der Waals surface area contributed by atoms with Crippen LogP contribution in [0.5, 0.6) is 0 Å². The zero-order valence-corrected chi connectivity index (χ0v) is 6.97. The number of hydrogen-bond donors (Lipinski definition) is 0. The number of sulfonamides is 1. The maximum Gasteiger partial charge on any atom is 0.279 e. The summed E-state index contributed by atoms with van der Waals surface area (Å²) in [5.41, 5.74) is 0. The van der Waals surface area contributed by atoms with Crippen molar-refractivity contribution >= 4 is 27.0 Å². The number of hydrogen-bond acceptors (Lipinski definition) is 4. The molecule has 0 bridgehead atoms. The largest absolute Gasteiger partial charge is 0.301 e. The molecule has 4 nitrogen and oxygen atoms in total.